The number of rotatable bonds is 19. The van der Waals surface area contributed by atoms with Crippen LogP contribution in [-0.4, -0.2) is 16.4 Å². The molecule has 1 aromatic rings. The van der Waals surface area contributed by atoms with Gasteiger partial charge in [-0.15, -0.1) is 0 Å². The molecule has 1 nitrogen and oxygen atoms in total. The average molecular weight is 548 g/mol. The lowest BCUT2D eigenvalue weighted by atomic mass is 9.96. The topological polar surface area (TPSA) is 9.23 Å². The summed E-state index contributed by atoms with van der Waals surface area (Å²) in [6.45, 7) is 15.4. The summed E-state index contributed by atoms with van der Waals surface area (Å²) in [4.78, 5) is 0. The molecule has 0 saturated carbocycles. The van der Waals surface area contributed by atoms with E-state index in [1.54, 1.807) is 0 Å². The second-order valence-electron chi connectivity index (χ2n) is 11.1. The predicted molar refractivity (Wildman–Crippen MR) is 150 cm³/mol. The van der Waals surface area contributed by atoms with Gasteiger partial charge in [-0.1, -0.05) is 118 Å². The van der Waals surface area contributed by atoms with Crippen LogP contribution in [0.25, 0.3) is 0 Å². The quantitative estimate of drug-likeness (QED) is 0.0724. The third kappa shape index (κ3) is 9.18. The van der Waals surface area contributed by atoms with Gasteiger partial charge in [-0.2, -0.15) is 8.78 Å². The molecule has 7 heteroatoms. The lowest BCUT2D eigenvalue weighted by Gasteiger charge is -2.38. The van der Waals surface area contributed by atoms with Gasteiger partial charge in [-0.3, -0.25) is 0 Å². The molecule has 0 heterocycles. The highest BCUT2D eigenvalue weighted by Crippen LogP contribution is 2.40. The van der Waals surface area contributed by atoms with Crippen molar-refractivity contribution in [2.24, 2.45) is 5.92 Å². The minimum Gasteiger partial charge on any atom is -0.539 e. The zero-order chi connectivity index (χ0) is 27.4. The monoisotopic (exact) mass is 547 g/mol. The van der Waals surface area contributed by atoms with Gasteiger partial charge >= 0.3 is 0 Å². The zero-order valence-electron chi connectivity index (χ0n) is 24.0. The maximum absolute atomic E-state index is 14.7. The minimum absolute atomic E-state index is 0.0603. The normalized spacial score (nSPS) is 14.8. The van der Waals surface area contributed by atoms with E-state index in [4.69, 9.17) is 4.43 Å². The molecule has 2 unspecified atom stereocenters. The molecule has 0 saturated heterocycles. The van der Waals surface area contributed by atoms with Crippen molar-refractivity contribution in [2.45, 2.75) is 142 Å². The highest BCUT2D eigenvalue weighted by Gasteiger charge is 2.43. The van der Waals surface area contributed by atoms with E-state index in [0.717, 1.165) is 43.8 Å². The van der Waals surface area contributed by atoms with Crippen LogP contribution in [0.3, 0.4) is 0 Å². The van der Waals surface area contributed by atoms with Crippen molar-refractivity contribution in [1.29, 1.82) is 0 Å². The first kappa shape index (κ1) is 33.2. The SMILES string of the molecule is CCCCCCC(CC)CC[Si](CCC[Si](CC)(CC)CC)(Oc1c(F)c(F)[c]c(F)c1F)C(C)C. The smallest absolute Gasteiger partial charge is 0.254 e. The molecule has 0 fully saturated rings. The summed E-state index contributed by atoms with van der Waals surface area (Å²) in [6.07, 6.45) is 8.93. The number of halogens is 4. The fraction of sp³-hybridized carbons (Fsp3) is 0.793. The highest BCUT2D eigenvalue weighted by atomic mass is 28.4. The number of hydrogen-bond acceptors (Lipinski definition) is 1. The summed E-state index contributed by atoms with van der Waals surface area (Å²) in [5, 5.41) is 0. The molecule has 2 atom stereocenters. The van der Waals surface area contributed by atoms with Crippen molar-refractivity contribution in [3.8, 4) is 5.75 Å². The number of unbranched alkanes of at least 4 members (excludes halogenated alkanes) is 3. The third-order valence-corrected chi connectivity index (χ3v) is 19.9. The Balaban J connectivity index is 3.26. The van der Waals surface area contributed by atoms with E-state index in [9.17, 15) is 17.6 Å². The van der Waals surface area contributed by atoms with Gasteiger partial charge in [0.25, 0.3) is 8.32 Å². The van der Waals surface area contributed by atoms with Crippen LogP contribution >= 0.6 is 0 Å². The summed E-state index contributed by atoms with van der Waals surface area (Å²) < 4.78 is 63.7. The Morgan fingerprint density at radius 1 is 0.722 bits per heavy atom. The molecule has 1 rings (SSSR count). The van der Waals surface area contributed by atoms with Crippen LogP contribution in [0.5, 0.6) is 5.75 Å². The lowest BCUT2D eigenvalue weighted by molar-refractivity contribution is 0.371. The molecule has 1 radical (unpaired) electrons. The lowest BCUT2D eigenvalue weighted by Crippen LogP contribution is -2.46. The Morgan fingerprint density at radius 3 is 1.78 bits per heavy atom. The Labute approximate surface area is 220 Å². The molecular weight excluding hydrogens is 496 g/mol. The average Bonchev–Trinajstić information content (AvgIpc) is 2.87. The van der Waals surface area contributed by atoms with Crippen LogP contribution in [0.15, 0.2) is 0 Å². The zero-order valence-corrected chi connectivity index (χ0v) is 26.0. The second-order valence-corrected chi connectivity index (χ2v) is 21.2. The van der Waals surface area contributed by atoms with Gasteiger partial charge in [0.2, 0.25) is 11.6 Å². The molecule has 0 N–H and O–H groups in total. The van der Waals surface area contributed by atoms with E-state index >= 15 is 0 Å². The van der Waals surface area contributed by atoms with Crippen LogP contribution in [0.1, 0.15) is 99.8 Å². The van der Waals surface area contributed by atoms with Gasteiger partial charge in [0.1, 0.15) is 0 Å². The van der Waals surface area contributed by atoms with Crippen LogP contribution in [-0.2, 0) is 0 Å². The molecule has 0 aromatic heterocycles. The molecule has 0 aliphatic carbocycles. The van der Waals surface area contributed by atoms with E-state index < -0.39 is 45.4 Å². The van der Waals surface area contributed by atoms with Crippen LogP contribution < -0.4 is 4.43 Å². The van der Waals surface area contributed by atoms with E-state index in [-0.39, 0.29) is 5.54 Å². The van der Waals surface area contributed by atoms with E-state index in [1.807, 2.05) is 0 Å². The number of benzene rings is 1. The Hall–Kier alpha value is -0.826. The molecule has 36 heavy (non-hydrogen) atoms. The Bertz CT molecular complexity index is 736. The maximum atomic E-state index is 14.7. The summed E-state index contributed by atoms with van der Waals surface area (Å²) in [7, 11) is -4.17. The standard InChI is InChI=1S/C29H51F4OSi2/c1-8-13-14-15-17-24(9-2)18-21-36(23(6)7,20-16-19-35(10-3,11-4)12-5)34-29-27(32)25(30)22-26(31)28(29)33/h23-24H,8-21H2,1-7H3. The predicted octanol–water partition coefficient (Wildman–Crippen LogP) is 11.1. The van der Waals surface area contributed by atoms with Crippen molar-refractivity contribution < 1.29 is 22.0 Å². The molecule has 1 aromatic carbocycles. The largest absolute Gasteiger partial charge is 0.539 e. The molecule has 0 amide bonds. The molecule has 0 spiro atoms. The summed E-state index contributed by atoms with van der Waals surface area (Å²) in [5.74, 6) is -6.31. The van der Waals surface area contributed by atoms with E-state index in [1.165, 1.54) is 49.9 Å². The molecular formula is C29H51F4OSi2. The van der Waals surface area contributed by atoms with E-state index in [2.05, 4.69) is 48.5 Å². The first-order valence-electron chi connectivity index (χ1n) is 14.5. The highest BCUT2D eigenvalue weighted by molar-refractivity contribution is 6.80. The summed E-state index contributed by atoms with van der Waals surface area (Å²) in [6, 6.07) is 7.83. The van der Waals surface area contributed by atoms with Gasteiger partial charge in [0, 0.05) is 0 Å². The third-order valence-electron chi connectivity index (χ3n) is 8.94. The first-order valence-corrected chi connectivity index (χ1v) is 19.7. The van der Waals surface area contributed by atoms with Gasteiger partial charge in [-0.25, -0.2) is 8.78 Å². The number of hydrogen-bond donors (Lipinski definition) is 0. The Kier molecular flexibility index (Phi) is 14.9. The van der Waals surface area contributed by atoms with Crippen molar-refractivity contribution in [1.82, 2.24) is 0 Å². The fourth-order valence-corrected chi connectivity index (χ4v) is 13.6. The van der Waals surface area contributed by atoms with Crippen LogP contribution in [0.4, 0.5) is 17.6 Å². The first-order chi connectivity index (χ1) is 17.0. The Morgan fingerprint density at radius 2 is 1.31 bits per heavy atom. The van der Waals surface area contributed by atoms with Crippen molar-refractivity contribution in [3.63, 3.8) is 0 Å². The molecule has 0 aliphatic heterocycles. The van der Waals surface area contributed by atoms with Gasteiger partial charge in [0.15, 0.2) is 17.4 Å². The molecule has 0 bridgehead atoms. The second kappa shape index (κ2) is 16.2. The van der Waals surface area contributed by atoms with Gasteiger partial charge in [0.05, 0.1) is 14.1 Å². The van der Waals surface area contributed by atoms with Crippen LogP contribution in [0.2, 0.25) is 41.8 Å². The van der Waals surface area contributed by atoms with Crippen molar-refractivity contribution >= 4 is 16.4 Å². The minimum atomic E-state index is -2.80. The van der Waals surface area contributed by atoms with Crippen molar-refractivity contribution in [3.05, 3.63) is 29.3 Å². The van der Waals surface area contributed by atoms with Crippen LogP contribution in [0, 0.1) is 35.3 Å². The summed E-state index contributed by atoms with van der Waals surface area (Å²) >= 11 is 0. The van der Waals surface area contributed by atoms with Crippen molar-refractivity contribution in [2.75, 3.05) is 0 Å². The fourth-order valence-electron chi connectivity index (χ4n) is 5.62. The van der Waals surface area contributed by atoms with E-state index in [0.29, 0.717) is 5.92 Å². The molecule has 209 valence electrons. The maximum Gasteiger partial charge on any atom is 0.254 e. The van der Waals surface area contributed by atoms with Gasteiger partial charge in [-0.05, 0) is 30.0 Å². The van der Waals surface area contributed by atoms with Gasteiger partial charge < -0.3 is 4.43 Å². The molecule has 0 aliphatic rings. The summed E-state index contributed by atoms with van der Waals surface area (Å²) in [5.41, 5.74) is 0.0603.